The van der Waals surface area contributed by atoms with E-state index >= 15 is 0 Å². The highest BCUT2D eigenvalue weighted by atomic mass is 79.9. The van der Waals surface area contributed by atoms with E-state index in [9.17, 15) is 4.79 Å². The number of carbonyl (C=O) groups is 1. The van der Waals surface area contributed by atoms with Crippen LogP contribution in [0.1, 0.15) is 24.4 Å². The van der Waals surface area contributed by atoms with Gasteiger partial charge in [0.05, 0.1) is 5.69 Å². The molecule has 1 atom stereocenters. The van der Waals surface area contributed by atoms with Gasteiger partial charge in [-0.25, -0.2) is 4.98 Å². The molecule has 3 rings (SSSR count). The Morgan fingerprint density at radius 1 is 1.42 bits per heavy atom. The molecule has 1 amide bonds. The van der Waals surface area contributed by atoms with Crippen molar-refractivity contribution in [2.75, 3.05) is 19.6 Å². The van der Waals surface area contributed by atoms with Crippen LogP contribution in [0.3, 0.4) is 0 Å². The molecule has 0 aliphatic carbocycles. The molecule has 1 aliphatic rings. The minimum atomic E-state index is 0.159. The largest absolute Gasteiger partial charge is 0.440 e. The van der Waals surface area contributed by atoms with Crippen molar-refractivity contribution in [1.82, 2.24) is 9.88 Å². The molecule has 0 bridgehead atoms. The van der Waals surface area contributed by atoms with Gasteiger partial charge in [-0.3, -0.25) is 4.79 Å². The van der Waals surface area contributed by atoms with Crippen LogP contribution in [0.15, 0.2) is 33.2 Å². The van der Waals surface area contributed by atoms with E-state index in [4.69, 9.17) is 10.2 Å². The first-order valence-electron chi connectivity index (χ1n) is 8.27. The maximum Gasteiger partial charge on any atom is 0.223 e. The van der Waals surface area contributed by atoms with Crippen molar-refractivity contribution in [3.63, 3.8) is 0 Å². The number of aromatic nitrogens is 1. The van der Waals surface area contributed by atoms with Gasteiger partial charge in [-0.1, -0.05) is 28.1 Å². The van der Waals surface area contributed by atoms with Crippen LogP contribution in [-0.4, -0.2) is 35.4 Å². The van der Waals surface area contributed by atoms with Crippen LogP contribution in [0, 0.1) is 12.8 Å². The number of likely N-dealkylation sites (tertiary alicyclic amines) is 1. The summed E-state index contributed by atoms with van der Waals surface area (Å²) >= 11 is 3.43. The van der Waals surface area contributed by atoms with Gasteiger partial charge in [0.1, 0.15) is 0 Å². The number of hydrogen-bond acceptors (Lipinski definition) is 4. The number of nitrogens with two attached hydrogens (primary N) is 1. The fourth-order valence-corrected chi connectivity index (χ4v) is 3.32. The second kappa shape index (κ2) is 7.49. The van der Waals surface area contributed by atoms with E-state index < -0.39 is 0 Å². The van der Waals surface area contributed by atoms with Crippen molar-refractivity contribution < 1.29 is 9.21 Å². The number of hydrogen-bond donors (Lipinski definition) is 1. The van der Waals surface area contributed by atoms with Gasteiger partial charge in [0.25, 0.3) is 0 Å². The highest BCUT2D eigenvalue weighted by molar-refractivity contribution is 9.10. The number of aryl methyl sites for hydroxylation is 2. The first-order valence-corrected chi connectivity index (χ1v) is 9.06. The third-order valence-corrected chi connectivity index (χ3v) is 5.00. The number of halogens is 1. The van der Waals surface area contributed by atoms with Crippen molar-refractivity contribution >= 4 is 21.8 Å². The number of benzene rings is 1. The Morgan fingerprint density at radius 2 is 2.17 bits per heavy atom. The van der Waals surface area contributed by atoms with Gasteiger partial charge in [0, 0.05) is 36.0 Å². The number of amides is 1. The lowest BCUT2D eigenvalue weighted by molar-refractivity contribution is -0.130. The van der Waals surface area contributed by atoms with Crippen LogP contribution in [0.25, 0.3) is 11.3 Å². The molecule has 24 heavy (non-hydrogen) atoms. The molecule has 1 unspecified atom stereocenters. The predicted octanol–water partition coefficient (Wildman–Crippen LogP) is 3.15. The molecule has 1 fully saturated rings. The Bertz CT molecular complexity index is 712. The minimum Gasteiger partial charge on any atom is -0.440 e. The molecule has 0 spiro atoms. The first kappa shape index (κ1) is 17.2. The molecule has 2 N–H and O–H groups in total. The van der Waals surface area contributed by atoms with Crippen molar-refractivity contribution in [1.29, 1.82) is 0 Å². The molecule has 1 aromatic heterocycles. The van der Waals surface area contributed by atoms with Gasteiger partial charge in [0.15, 0.2) is 11.7 Å². The maximum absolute atomic E-state index is 12.3. The second-order valence-electron chi connectivity index (χ2n) is 6.26. The lowest BCUT2D eigenvalue weighted by atomic mass is 10.1. The van der Waals surface area contributed by atoms with Crippen LogP contribution in [0.5, 0.6) is 0 Å². The summed E-state index contributed by atoms with van der Waals surface area (Å²) in [6.45, 7) is 4.18. The Kier molecular flexibility index (Phi) is 5.36. The van der Waals surface area contributed by atoms with Crippen LogP contribution in [0.2, 0.25) is 0 Å². The van der Waals surface area contributed by atoms with Crippen molar-refractivity contribution in [2.24, 2.45) is 11.7 Å². The molecule has 0 saturated carbocycles. The van der Waals surface area contributed by atoms with Crippen molar-refractivity contribution in [3.05, 3.63) is 40.3 Å². The summed E-state index contributed by atoms with van der Waals surface area (Å²) in [4.78, 5) is 18.7. The number of carbonyl (C=O) groups excluding carboxylic acids is 1. The monoisotopic (exact) mass is 391 g/mol. The quantitative estimate of drug-likeness (QED) is 0.849. The summed E-state index contributed by atoms with van der Waals surface area (Å²) in [5.41, 5.74) is 7.52. The number of rotatable bonds is 5. The zero-order valence-corrected chi connectivity index (χ0v) is 15.4. The average molecular weight is 392 g/mol. The van der Waals surface area contributed by atoms with Crippen LogP contribution in [-0.2, 0) is 11.2 Å². The lowest BCUT2D eigenvalue weighted by Crippen LogP contribution is -2.30. The third kappa shape index (κ3) is 3.87. The fourth-order valence-electron chi connectivity index (χ4n) is 3.05. The fraction of sp³-hybridized carbons (Fsp3) is 0.444. The maximum atomic E-state index is 12.3. The van der Waals surface area contributed by atoms with Gasteiger partial charge >= 0.3 is 0 Å². The summed E-state index contributed by atoms with van der Waals surface area (Å²) in [6.07, 6.45) is 1.96. The van der Waals surface area contributed by atoms with E-state index in [0.29, 0.717) is 31.2 Å². The summed E-state index contributed by atoms with van der Waals surface area (Å²) in [7, 11) is 0. The third-order valence-electron chi connectivity index (χ3n) is 4.47. The van der Waals surface area contributed by atoms with E-state index in [0.717, 1.165) is 41.0 Å². The Balaban J connectivity index is 1.61. The first-order chi connectivity index (χ1) is 11.6. The molecule has 5 nitrogen and oxygen atoms in total. The molecule has 128 valence electrons. The zero-order chi connectivity index (χ0) is 17.1. The Morgan fingerprint density at radius 3 is 2.83 bits per heavy atom. The smallest absolute Gasteiger partial charge is 0.223 e. The van der Waals surface area contributed by atoms with E-state index in [2.05, 4.69) is 20.9 Å². The van der Waals surface area contributed by atoms with Gasteiger partial charge in [-0.2, -0.15) is 0 Å². The highest BCUT2D eigenvalue weighted by Gasteiger charge is 2.25. The standard InChI is InChI=1S/C18H22BrN3O2/c1-12-18(14-2-4-15(19)5-3-14)24-16(21-12)6-7-17(23)22-9-8-13(10-20)11-22/h2-5,13H,6-11,20H2,1H3. The Labute approximate surface area is 150 Å². The van der Waals surface area contributed by atoms with Crippen LogP contribution < -0.4 is 5.73 Å². The molecule has 6 heteroatoms. The molecular formula is C18H22BrN3O2. The second-order valence-corrected chi connectivity index (χ2v) is 7.17. The normalized spacial score (nSPS) is 17.5. The van der Waals surface area contributed by atoms with E-state index in [1.54, 1.807) is 0 Å². The Hall–Kier alpha value is -1.66. The van der Waals surface area contributed by atoms with Gasteiger partial charge < -0.3 is 15.1 Å². The van der Waals surface area contributed by atoms with E-state index in [-0.39, 0.29) is 5.91 Å². The highest BCUT2D eigenvalue weighted by Crippen LogP contribution is 2.26. The average Bonchev–Trinajstić information content (AvgIpc) is 3.20. The minimum absolute atomic E-state index is 0.159. The number of oxazole rings is 1. The van der Waals surface area contributed by atoms with Gasteiger partial charge in [0.2, 0.25) is 5.91 Å². The van der Waals surface area contributed by atoms with Crippen LogP contribution in [0.4, 0.5) is 0 Å². The predicted molar refractivity (Wildman–Crippen MR) is 96.4 cm³/mol. The van der Waals surface area contributed by atoms with Crippen molar-refractivity contribution in [2.45, 2.75) is 26.2 Å². The number of nitrogens with zero attached hydrogens (tertiary/aromatic N) is 2. The van der Waals surface area contributed by atoms with Crippen molar-refractivity contribution in [3.8, 4) is 11.3 Å². The topological polar surface area (TPSA) is 72.4 Å². The van der Waals surface area contributed by atoms with E-state index in [1.165, 1.54) is 0 Å². The lowest BCUT2D eigenvalue weighted by Gasteiger charge is -2.15. The van der Waals surface area contributed by atoms with E-state index in [1.807, 2.05) is 36.1 Å². The molecular weight excluding hydrogens is 370 g/mol. The molecule has 1 aliphatic heterocycles. The molecule has 1 aromatic carbocycles. The molecule has 2 heterocycles. The summed E-state index contributed by atoms with van der Waals surface area (Å²) in [5.74, 6) is 2.00. The summed E-state index contributed by atoms with van der Waals surface area (Å²) in [6, 6.07) is 7.93. The van der Waals surface area contributed by atoms with Gasteiger partial charge in [-0.15, -0.1) is 0 Å². The summed E-state index contributed by atoms with van der Waals surface area (Å²) < 4.78 is 6.90. The SMILES string of the molecule is Cc1nc(CCC(=O)N2CCC(CN)C2)oc1-c1ccc(Br)cc1. The molecule has 0 radical (unpaired) electrons. The van der Waals surface area contributed by atoms with Crippen LogP contribution >= 0.6 is 15.9 Å². The molecule has 1 saturated heterocycles. The molecule has 2 aromatic rings. The summed E-state index contributed by atoms with van der Waals surface area (Å²) in [5, 5.41) is 0. The van der Waals surface area contributed by atoms with Gasteiger partial charge in [-0.05, 0) is 37.9 Å². The zero-order valence-electron chi connectivity index (χ0n) is 13.8.